The Morgan fingerprint density at radius 2 is 1.92 bits per heavy atom. The van der Waals surface area contributed by atoms with E-state index in [1.807, 2.05) is 6.07 Å². The molecule has 4 heteroatoms. The fourth-order valence-electron chi connectivity index (χ4n) is 4.41. The molecule has 1 N–H and O–H groups in total. The highest BCUT2D eigenvalue weighted by molar-refractivity contribution is 5.85. The number of carbonyl (C=O) groups excluding carboxylic acids is 1. The van der Waals surface area contributed by atoms with E-state index < -0.39 is 0 Å². The first-order valence-corrected chi connectivity index (χ1v) is 9.25. The lowest BCUT2D eigenvalue weighted by Crippen LogP contribution is -2.42. The summed E-state index contributed by atoms with van der Waals surface area (Å²) in [5.74, 6) is 1.44. The highest BCUT2D eigenvalue weighted by Gasteiger charge is 2.59. The standard InChI is InChI=1S/C20H28N2O.ClH/c1-15(17-7-8-17)22(14-16-5-3-2-4-6-16)19(23)18-13-20(18)9-11-21-12-10-20;/h2-6,15,17-18,21H,7-14H2,1H3;1H. The summed E-state index contributed by atoms with van der Waals surface area (Å²) < 4.78 is 0. The number of rotatable bonds is 5. The average Bonchev–Trinajstić information content (AvgIpc) is 3.50. The van der Waals surface area contributed by atoms with Gasteiger partial charge in [-0.15, -0.1) is 12.4 Å². The van der Waals surface area contributed by atoms with Crippen LogP contribution in [0.5, 0.6) is 0 Å². The van der Waals surface area contributed by atoms with E-state index >= 15 is 0 Å². The molecular formula is C20H29ClN2O. The molecule has 132 valence electrons. The van der Waals surface area contributed by atoms with Crippen molar-refractivity contribution in [1.29, 1.82) is 0 Å². The van der Waals surface area contributed by atoms with E-state index in [1.165, 1.54) is 31.2 Å². The van der Waals surface area contributed by atoms with Crippen molar-refractivity contribution in [3.05, 3.63) is 35.9 Å². The van der Waals surface area contributed by atoms with Gasteiger partial charge in [-0.05, 0) is 69.0 Å². The molecule has 1 spiro atoms. The van der Waals surface area contributed by atoms with Crippen LogP contribution in [0.3, 0.4) is 0 Å². The van der Waals surface area contributed by atoms with Gasteiger partial charge >= 0.3 is 0 Å². The number of hydrogen-bond acceptors (Lipinski definition) is 2. The summed E-state index contributed by atoms with van der Waals surface area (Å²) in [6.07, 6.45) is 6.07. The largest absolute Gasteiger partial charge is 0.335 e. The zero-order valence-corrected chi connectivity index (χ0v) is 15.4. The molecule has 0 aromatic heterocycles. The van der Waals surface area contributed by atoms with Crippen molar-refractivity contribution in [2.24, 2.45) is 17.3 Å². The maximum Gasteiger partial charge on any atom is 0.226 e. The lowest BCUT2D eigenvalue weighted by Gasteiger charge is -2.32. The van der Waals surface area contributed by atoms with E-state index in [1.54, 1.807) is 0 Å². The lowest BCUT2D eigenvalue weighted by molar-refractivity contribution is -0.136. The quantitative estimate of drug-likeness (QED) is 0.881. The smallest absolute Gasteiger partial charge is 0.226 e. The second-order valence-corrected chi connectivity index (χ2v) is 7.90. The molecule has 1 saturated heterocycles. The van der Waals surface area contributed by atoms with Crippen LogP contribution in [0, 0.1) is 17.3 Å². The number of halogens is 1. The van der Waals surface area contributed by atoms with E-state index in [2.05, 4.69) is 41.4 Å². The van der Waals surface area contributed by atoms with Crippen LogP contribution in [0.4, 0.5) is 0 Å². The SMILES string of the molecule is CC(C1CC1)N(Cc1ccccc1)C(=O)C1CC12CCNCC2.Cl. The third-order valence-electron chi connectivity index (χ3n) is 6.36. The third kappa shape index (κ3) is 3.48. The topological polar surface area (TPSA) is 32.3 Å². The van der Waals surface area contributed by atoms with Crippen LogP contribution in [0.25, 0.3) is 0 Å². The summed E-state index contributed by atoms with van der Waals surface area (Å²) in [5.41, 5.74) is 1.59. The Labute approximate surface area is 151 Å². The van der Waals surface area contributed by atoms with Gasteiger partial charge in [0.2, 0.25) is 5.91 Å². The predicted octanol–water partition coefficient (Wildman–Crippen LogP) is 3.63. The molecule has 1 amide bonds. The van der Waals surface area contributed by atoms with E-state index in [0.717, 1.165) is 32.0 Å². The Balaban J connectivity index is 0.00000169. The van der Waals surface area contributed by atoms with Crippen LogP contribution in [-0.2, 0) is 11.3 Å². The van der Waals surface area contributed by atoms with Crippen molar-refractivity contribution < 1.29 is 4.79 Å². The van der Waals surface area contributed by atoms with Crippen molar-refractivity contribution in [3.63, 3.8) is 0 Å². The van der Waals surface area contributed by atoms with E-state index in [0.29, 0.717) is 17.4 Å². The molecule has 4 rings (SSSR count). The number of nitrogens with zero attached hydrogens (tertiary/aromatic N) is 1. The number of piperidine rings is 1. The van der Waals surface area contributed by atoms with Crippen LogP contribution >= 0.6 is 12.4 Å². The molecular weight excluding hydrogens is 320 g/mol. The summed E-state index contributed by atoms with van der Waals surface area (Å²) in [5, 5.41) is 3.43. The molecule has 2 saturated carbocycles. The predicted molar refractivity (Wildman–Crippen MR) is 99.1 cm³/mol. The molecule has 0 bridgehead atoms. The fourth-order valence-corrected chi connectivity index (χ4v) is 4.41. The van der Waals surface area contributed by atoms with Gasteiger partial charge in [-0.1, -0.05) is 30.3 Å². The van der Waals surface area contributed by atoms with Gasteiger partial charge in [0, 0.05) is 18.5 Å². The van der Waals surface area contributed by atoms with Crippen LogP contribution in [0.15, 0.2) is 30.3 Å². The molecule has 0 radical (unpaired) electrons. The van der Waals surface area contributed by atoms with Crippen molar-refractivity contribution in [1.82, 2.24) is 10.2 Å². The zero-order chi connectivity index (χ0) is 15.9. The Morgan fingerprint density at radius 1 is 1.25 bits per heavy atom. The summed E-state index contributed by atoms with van der Waals surface area (Å²) in [4.78, 5) is 15.5. The van der Waals surface area contributed by atoms with E-state index in [9.17, 15) is 4.79 Å². The molecule has 24 heavy (non-hydrogen) atoms. The molecule has 1 heterocycles. The molecule has 3 nitrogen and oxygen atoms in total. The number of hydrogen-bond donors (Lipinski definition) is 1. The molecule has 1 aliphatic heterocycles. The molecule has 3 aliphatic rings. The highest BCUT2D eigenvalue weighted by atomic mass is 35.5. The maximum absolute atomic E-state index is 13.3. The van der Waals surface area contributed by atoms with Crippen LogP contribution in [-0.4, -0.2) is 29.9 Å². The number of nitrogens with one attached hydrogen (secondary N) is 1. The number of carbonyl (C=O) groups is 1. The Morgan fingerprint density at radius 3 is 2.54 bits per heavy atom. The summed E-state index contributed by atoms with van der Waals surface area (Å²) >= 11 is 0. The minimum Gasteiger partial charge on any atom is -0.335 e. The number of benzene rings is 1. The molecule has 1 aromatic carbocycles. The first kappa shape index (κ1) is 17.8. The molecule has 1 aromatic rings. The van der Waals surface area contributed by atoms with E-state index in [-0.39, 0.29) is 18.3 Å². The van der Waals surface area contributed by atoms with Gasteiger partial charge in [0.1, 0.15) is 0 Å². The second-order valence-electron chi connectivity index (χ2n) is 7.90. The van der Waals surface area contributed by atoms with Crippen molar-refractivity contribution in [2.75, 3.05) is 13.1 Å². The van der Waals surface area contributed by atoms with Gasteiger partial charge in [-0.25, -0.2) is 0 Å². The van der Waals surface area contributed by atoms with Gasteiger partial charge in [-0.3, -0.25) is 4.79 Å². The average molecular weight is 349 g/mol. The third-order valence-corrected chi connectivity index (χ3v) is 6.36. The zero-order valence-electron chi connectivity index (χ0n) is 14.5. The first-order valence-electron chi connectivity index (χ1n) is 9.25. The number of amides is 1. The van der Waals surface area contributed by atoms with Crippen molar-refractivity contribution in [3.8, 4) is 0 Å². The Kier molecular flexibility index (Phi) is 5.22. The lowest BCUT2D eigenvalue weighted by atomic mass is 9.91. The van der Waals surface area contributed by atoms with Crippen LogP contribution in [0.2, 0.25) is 0 Å². The molecule has 2 atom stereocenters. The van der Waals surface area contributed by atoms with Gasteiger partial charge in [0.25, 0.3) is 0 Å². The van der Waals surface area contributed by atoms with Gasteiger partial charge < -0.3 is 10.2 Å². The Hall–Kier alpha value is -1.06. The molecule has 2 unspecified atom stereocenters. The van der Waals surface area contributed by atoms with Crippen LogP contribution in [0.1, 0.15) is 44.6 Å². The van der Waals surface area contributed by atoms with Gasteiger partial charge in [0.05, 0.1) is 0 Å². The van der Waals surface area contributed by atoms with Crippen LogP contribution < -0.4 is 5.32 Å². The van der Waals surface area contributed by atoms with Crippen molar-refractivity contribution in [2.45, 2.75) is 51.6 Å². The van der Waals surface area contributed by atoms with Crippen molar-refractivity contribution >= 4 is 18.3 Å². The second kappa shape index (κ2) is 7.05. The monoisotopic (exact) mass is 348 g/mol. The maximum atomic E-state index is 13.3. The summed E-state index contributed by atoms with van der Waals surface area (Å²) in [6, 6.07) is 10.9. The Bertz CT molecular complexity index is 566. The summed E-state index contributed by atoms with van der Waals surface area (Å²) in [7, 11) is 0. The fraction of sp³-hybridized carbons (Fsp3) is 0.650. The minimum absolute atomic E-state index is 0. The molecule has 2 aliphatic carbocycles. The normalized spacial score (nSPS) is 25.6. The minimum atomic E-state index is 0. The first-order chi connectivity index (χ1) is 11.2. The van der Waals surface area contributed by atoms with E-state index in [4.69, 9.17) is 0 Å². The van der Waals surface area contributed by atoms with Gasteiger partial charge in [0.15, 0.2) is 0 Å². The highest BCUT2D eigenvalue weighted by Crippen LogP contribution is 2.59. The van der Waals surface area contributed by atoms with Gasteiger partial charge in [-0.2, -0.15) is 0 Å². The molecule has 3 fully saturated rings. The summed E-state index contributed by atoms with van der Waals surface area (Å²) in [6.45, 7) is 5.21.